The molecule has 0 saturated carbocycles. The first-order valence-electron chi connectivity index (χ1n) is 4.96. The third kappa shape index (κ3) is 2.48. The van der Waals surface area contributed by atoms with Crippen LogP contribution in [-0.2, 0) is 0 Å². The zero-order chi connectivity index (χ0) is 12.4. The van der Waals surface area contributed by atoms with Crippen molar-refractivity contribution in [2.45, 2.75) is 13.8 Å². The van der Waals surface area contributed by atoms with E-state index in [9.17, 15) is 0 Å². The number of hydrogen-bond acceptors (Lipinski definition) is 3. The summed E-state index contributed by atoms with van der Waals surface area (Å²) in [4.78, 5) is 0. The van der Waals surface area contributed by atoms with Crippen LogP contribution in [0.5, 0.6) is 0 Å². The van der Waals surface area contributed by atoms with Gasteiger partial charge in [-0.2, -0.15) is 5.10 Å². The van der Waals surface area contributed by atoms with Crippen LogP contribution in [-0.4, -0.2) is 21.1 Å². The molecule has 0 atom stereocenters. The second-order valence-corrected chi connectivity index (χ2v) is 4.28. The highest BCUT2D eigenvalue weighted by atomic mass is 35.5. The largest absolute Gasteiger partial charge is 0.202 e. The van der Waals surface area contributed by atoms with Crippen LogP contribution in [0, 0.1) is 13.8 Å². The molecule has 0 amide bonds. The van der Waals surface area contributed by atoms with Crippen LogP contribution >= 0.6 is 23.2 Å². The van der Waals surface area contributed by atoms with Crippen molar-refractivity contribution in [3.8, 4) is 0 Å². The van der Waals surface area contributed by atoms with E-state index in [1.807, 2.05) is 26.0 Å². The van der Waals surface area contributed by atoms with Gasteiger partial charge < -0.3 is 0 Å². The number of halogens is 2. The first-order chi connectivity index (χ1) is 8.09. The maximum Gasteiger partial charge on any atom is 0.151 e. The van der Waals surface area contributed by atoms with Crippen molar-refractivity contribution >= 4 is 29.4 Å². The van der Waals surface area contributed by atoms with Crippen molar-refractivity contribution in [2.24, 2.45) is 5.10 Å². The van der Waals surface area contributed by atoms with Crippen LogP contribution < -0.4 is 0 Å². The summed E-state index contributed by atoms with van der Waals surface area (Å²) in [5, 5.41) is 13.1. The second kappa shape index (κ2) is 4.85. The molecular formula is C11H10Cl2N4. The number of hydrogen-bond donors (Lipinski definition) is 0. The van der Waals surface area contributed by atoms with Gasteiger partial charge in [0, 0.05) is 5.56 Å². The lowest BCUT2D eigenvalue weighted by Gasteiger charge is -2.00. The summed E-state index contributed by atoms with van der Waals surface area (Å²) < 4.78 is 1.64. The van der Waals surface area contributed by atoms with Crippen LogP contribution in [0.4, 0.5) is 0 Å². The van der Waals surface area contributed by atoms with E-state index in [4.69, 9.17) is 23.2 Å². The summed E-state index contributed by atoms with van der Waals surface area (Å²) in [5.74, 6) is 1.44. The van der Waals surface area contributed by atoms with Crippen molar-refractivity contribution in [3.63, 3.8) is 0 Å². The van der Waals surface area contributed by atoms with Gasteiger partial charge in [0.25, 0.3) is 0 Å². The van der Waals surface area contributed by atoms with Crippen molar-refractivity contribution in [1.82, 2.24) is 14.9 Å². The average molecular weight is 269 g/mol. The van der Waals surface area contributed by atoms with E-state index in [1.54, 1.807) is 17.0 Å². The Labute approximate surface area is 109 Å². The molecule has 0 aliphatic heterocycles. The zero-order valence-corrected chi connectivity index (χ0v) is 10.9. The third-order valence-electron chi connectivity index (χ3n) is 2.25. The molecule has 0 radical (unpaired) electrons. The van der Waals surface area contributed by atoms with E-state index in [2.05, 4.69) is 15.3 Å². The first-order valence-corrected chi connectivity index (χ1v) is 5.72. The van der Waals surface area contributed by atoms with Crippen molar-refractivity contribution < 1.29 is 0 Å². The van der Waals surface area contributed by atoms with E-state index in [-0.39, 0.29) is 0 Å². The van der Waals surface area contributed by atoms with Gasteiger partial charge in [-0.1, -0.05) is 35.3 Å². The number of nitrogens with zero attached hydrogens (tertiary/aromatic N) is 4. The number of aryl methyl sites for hydroxylation is 2. The van der Waals surface area contributed by atoms with Gasteiger partial charge >= 0.3 is 0 Å². The molecule has 0 saturated heterocycles. The maximum atomic E-state index is 6.05. The molecule has 0 unspecified atom stereocenters. The molecular weight excluding hydrogens is 259 g/mol. The van der Waals surface area contributed by atoms with Crippen LogP contribution in [0.1, 0.15) is 17.2 Å². The minimum atomic E-state index is 0.487. The topological polar surface area (TPSA) is 43.1 Å². The molecule has 1 aromatic heterocycles. The van der Waals surface area contributed by atoms with E-state index in [0.717, 1.165) is 17.2 Å². The van der Waals surface area contributed by atoms with Gasteiger partial charge in [0.05, 0.1) is 16.3 Å². The molecule has 0 fully saturated rings. The molecule has 88 valence electrons. The lowest BCUT2D eigenvalue weighted by molar-refractivity contribution is 0.799. The summed E-state index contributed by atoms with van der Waals surface area (Å²) in [6.07, 6.45) is 1.64. The molecule has 1 heterocycles. The summed E-state index contributed by atoms with van der Waals surface area (Å²) in [6, 6.07) is 5.39. The maximum absolute atomic E-state index is 6.05. The van der Waals surface area contributed by atoms with Gasteiger partial charge in [0.1, 0.15) is 0 Å². The Bertz CT molecular complexity index is 555. The molecule has 17 heavy (non-hydrogen) atoms. The fraction of sp³-hybridized carbons (Fsp3) is 0.182. The highest BCUT2D eigenvalue weighted by Gasteiger charge is 2.04. The summed E-state index contributed by atoms with van der Waals surface area (Å²) in [5.41, 5.74) is 0.756. The van der Waals surface area contributed by atoms with Crippen molar-refractivity contribution in [3.05, 3.63) is 45.5 Å². The van der Waals surface area contributed by atoms with Crippen LogP contribution in [0.3, 0.4) is 0 Å². The number of rotatable bonds is 2. The smallest absolute Gasteiger partial charge is 0.151 e. The van der Waals surface area contributed by atoms with E-state index < -0.39 is 0 Å². The number of benzene rings is 1. The minimum absolute atomic E-state index is 0.487. The Morgan fingerprint density at radius 2 is 1.82 bits per heavy atom. The van der Waals surface area contributed by atoms with Gasteiger partial charge in [-0.05, 0) is 19.9 Å². The molecule has 2 aromatic rings. The molecule has 0 aliphatic rings. The standard InChI is InChI=1S/C11H10Cl2N4/c1-7-15-16-8(2)17(7)14-6-9-4-3-5-10(12)11(9)13/h3-6H,1-2H3. The van der Waals surface area contributed by atoms with Gasteiger partial charge in [-0.25, -0.2) is 4.68 Å². The molecule has 6 heteroatoms. The molecule has 1 aromatic carbocycles. The van der Waals surface area contributed by atoms with E-state index in [0.29, 0.717) is 10.0 Å². The lowest BCUT2D eigenvalue weighted by atomic mass is 10.2. The summed E-state index contributed by atoms with van der Waals surface area (Å²) in [7, 11) is 0. The van der Waals surface area contributed by atoms with Gasteiger partial charge in [0.15, 0.2) is 11.6 Å². The van der Waals surface area contributed by atoms with Crippen molar-refractivity contribution in [2.75, 3.05) is 0 Å². The second-order valence-electron chi connectivity index (χ2n) is 3.49. The first kappa shape index (κ1) is 12.1. The molecule has 4 nitrogen and oxygen atoms in total. The van der Waals surface area contributed by atoms with E-state index in [1.165, 1.54) is 0 Å². The van der Waals surface area contributed by atoms with Gasteiger partial charge in [-0.15, -0.1) is 10.2 Å². The quantitative estimate of drug-likeness (QED) is 0.786. The molecule has 0 N–H and O–H groups in total. The predicted octanol–water partition coefficient (Wildman–Crippen LogP) is 3.08. The third-order valence-corrected chi connectivity index (χ3v) is 3.08. The lowest BCUT2D eigenvalue weighted by Crippen LogP contribution is -1.96. The Morgan fingerprint density at radius 1 is 1.18 bits per heavy atom. The molecule has 0 bridgehead atoms. The van der Waals surface area contributed by atoms with Gasteiger partial charge in [0.2, 0.25) is 0 Å². The SMILES string of the molecule is Cc1nnc(C)n1N=Cc1cccc(Cl)c1Cl. The Balaban J connectivity index is 2.36. The Kier molecular flexibility index (Phi) is 3.45. The van der Waals surface area contributed by atoms with Crippen LogP contribution in [0.15, 0.2) is 23.3 Å². The van der Waals surface area contributed by atoms with E-state index >= 15 is 0 Å². The monoisotopic (exact) mass is 268 g/mol. The fourth-order valence-electron chi connectivity index (χ4n) is 1.37. The zero-order valence-electron chi connectivity index (χ0n) is 9.35. The highest BCUT2D eigenvalue weighted by molar-refractivity contribution is 6.43. The summed E-state index contributed by atoms with van der Waals surface area (Å²) >= 11 is 12.0. The molecule has 0 aliphatic carbocycles. The fourth-order valence-corrected chi connectivity index (χ4v) is 1.73. The van der Waals surface area contributed by atoms with Crippen molar-refractivity contribution in [1.29, 1.82) is 0 Å². The predicted molar refractivity (Wildman–Crippen MR) is 69.0 cm³/mol. The average Bonchev–Trinajstić information content (AvgIpc) is 2.62. The minimum Gasteiger partial charge on any atom is -0.202 e. The Morgan fingerprint density at radius 3 is 2.47 bits per heavy atom. The highest BCUT2D eigenvalue weighted by Crippen LogP contribution is 2.24. The number of aromatic nitrogens is 3. The molecule has 0 spiro atoms. The van der Waals surface area contributed by atoms with Crippen LogP contribution in [0.25, 0.3) is 0 Å². The Hall–Kier alpha value is -1.39. The summed E-state index contributed by atoms with van der Waals surface area (Å²) in [6.45, 7) is 3.66. The van der Waals surface area contributed by atoms with Gasteiger partial charge in [-0.3, -0.25) is 0 Å². The van der Waals surface area contributed by atoms with Crippen LogP contribution in [0.2, 0.25) is 10.0 Å². The molecule has 2 rings (SSSR count). The normalized spacial score (nSPS) is 11.3.